The lowest BCUT2D eigenvalue weighted by Gasteiger charge is -2.41. The number of aromatic nitrogens is 1. The SMILES string of the molecule is [C-]#[N+]c1cc(C2(OCC(=O)N3CC4CC[C@@H](C3)N4c3ccc(C#N)cn3)CC2)ccc1F. The lowest BCUT2D eigenvalue weighted by Crippen LogP contribution is -2.56. The molecule has 0 N–H and O–H groups in total. The maximum Gasteiger partial charge on any atom is 0.248 e. The van der Waals surface area contributed by atoms with Gasteiger partial charge in [0.1, 0.15) is 24.3 Å². The zero-order valence-electron chi connectivity index (χ0n) is 17.5. The maximum atomic E-state index is 13.7. The molecule has 1 unspecified atom stereocenters. The number of ether oxygens (including phenoxy) is 1. The summed E-state index contributed by atoms with van der Waals surface area (Å²) in [4.78, 5) is 24.8. The minimum atomic E-state index is -0.587. The number of carbonyl (C=O) groups excluding carboxylic acids is 1. The standard InChI is InChI=1S/C24H22FN5O2/c1-27-21-10-17(3-6-20(21)25)24(8-9-24)32-15-23(31)29-13-18-4-5-19(14-29)30(18)22-7-2-16(11-26)12-28-22/h2-3,6-7,10,12,18-19H,4-5,8-9,13-15H2/t18-,19?/m0/s1. The molecular formula is C24H22FN5O2. The second-order valence-corrected chi connectivity index (χ2v) is 8.67. The van der Waals surface area contributed by atoms with Crippen LogP contribution in [0.1, 0.15) is 36.8 Å². The van der Waals surface area contributed by atoms with Crippen LogP contribution >= 0.6 is 0 Å². The number of fused-ring (bicyclic) bond motifs is 2. The van der Waals surface area contributed by atoms with Gasteiger partial charge in [0.25, 0.3) is 0 Å². The van der Waals surface area contributed by atoms with Crippen LogP contribution in [0.15, 0.2) is 36.5 Å². The highest BCUT2D eigenvalue weighted by atomic mass is 19.1. The Labute approximate surface area is 185 Å². The number of amides is 1. The van der Waals surface area contributed by atoms with E-state index >= 15 is 0 Å². The topological polar surface area (TPSA) is 73.8 Å². The van der Waals surface area contributed by atoms with Gasteiger partial charge in [0, 0.05) is 31.4 Å². The monoisotopic (exact) mass is 431 g/mol. The van der Waals surface area contributed by atoms with E-state index in [4.69, 9.17) is 16.6 Å². The molecule has 2 bridgehead atoms. The van der Waals surface area contributed by atoms with Crippen LogP contribution in [0.25, 0.3) is 4.85 Å². The number of piperazine rings is 1. The number of hydrogen-bond donors (Lipinski definition) is 0. The fraction of sp³-hybridized carbons (Fsp3) is 0.417. The number of hydrogen-bond acceptors (Lipinski definition) is 5. The van der Waals surface area contributed by atoms with Crippen molar-refractivity contribution in [1.82, 2.24) is 9.88 Å². The van der Waals surface area contributed by atoms with Gasteiger partial charge >= 0.3 is 0 Å². The van der Waals surface area contributed by atoms with Gasteiger partial charge in [0.2, 0.25) is 11.6 Å². The molecule has 2 aliphatic heterocycles. The van der Waals surface area contributed by atoms with Gasteiger partial charge in [-0.3, -0.25) is 4.79 Å². The van der Waals surface area contributed by atoms with E-state index in [0.29, 0.717) is 18.7 Å². The Morgan fingerprint density at radius 1 is 1.28 bits per heavy atom. The number of rotatable bonds is 5. The fourth-order valence-corrected chi connectivity index (χ4v) is 4.89. The van der Waals surface area contributed by atoms with Gasteiger partial charge in [-0.05, 0) is 55.5 Å². The summed E-state index contributed by atoms with van der Waals surface area (Å²) in [5.74, 6) is 0.262. The summed E-state index contributed by atoms with van der Waals surface area (Å²) in [7, 11) is 0. The van der Waals surface area contributed by atoms with E-state index in [9.17, 15) is 9.18 Å². The zero-order valence-corrected chi connectivity index (χ0v) is 17.5. The minimum absolute atomic E-state index is 0.0205. The van der Waals surface area contributed by atoms with Gasteiger partial charge < -0.3 is 14.5 Å². The summed E-state index contributed by atoms with van der Waals surface area (Å²) in [6.07, 6.45) is 5.09. The highest BCUT2D eigenvalue weighted by Gasteiger charge is 2.47. The summed E-state index contributed by atoms with van der Waals surface area (Å²) < 4.78 is 19.7. The van der Waals surface area contributed by atoms with Crippen molar-refractivity contribution in [2.24, 2.45) is 0 Å². The number of nitriles is 1. The number of pyridine rings is 1. The van der Waals surface area contributed by atoms with E-state index in [1.165, 1.54) is 12.1 Å². The van der Waals surface area contributed by atoms with Crippen LogP contribution in [-0.4, -0.2) is 47.6 Å². The van der Waals surface area contributed by atoms with Gasteiger partial charge in [-0.25, -0.2) is 14.2 Å². The molecule has 2 atom stereocenters. The first-order valence-electron chi connectivity index (χ1n) is 10.8. The Balaban J connectivity index is 1.22. The van der Waals surface area contributed by atoms with Crippen LogP contribution in [-0.2, 0) is 15.1 Å². The Morgan fingerprint density at radius 3 is 2.62 bits per heavy atom. The molecule has 0 spiro atoms. The Kier molecular flexibility index (Phi) is 5.03. The number of benzene rings is 1. The molecule has 3 aliphatic rings. The molecule has 3 fully saturated rings. The molecule has 1 aromatic heterocycles. The summed E-state index contributed by atoms with van der Waals surface area (Å²) in [5.41, 5.74) is 0.684. The van der Waals surface area contributed by atoms with Crippen molar-refractivity contribution < 1.29 is 13.9 Å². The molecule has 1 amide bonds. The van der Waals surface area contributed by atoms with Gasteiger partial charge in [-0.2, -0.15) is 5.26 Å². The number of anilines is 1. The molecule has 1 aliphatic carbocycles. The molecule has 3 heterocycles. The molecule has 162 valence electrons. The van der Waals surface area contributed by atoms with E-state index < -0.39 is 11.4 Å². The normalized spacial score (nSPS) is 22.8. The van der Waals surface area contributed by atoms with E-state index in [-0.39, 0.29) is 30.3 Å². The number of carbonyl (C=O) groups is 1. The molecule has 2 saturated heterocycles. The minimum Gasteiger partial charge on any atom is -0.361 e. The van der Waals surface area contributed by atoms with E-state index in [0.717, 1.165) is 37.1 Å². The van der Waals surface area contributed by atoms with Crippen LogP contribution in [0.3, 0.4) is 0 Å². The molecule has 1 saturated carbocycles. The molecule has 2 aromatic rings. The van der Waals surface area contributed by atoms with Gasteiger partial charge in [0.15, 0.2) is 0 Å². The third kappa shape index (κ3) is 3.57. The molecule has 32 heavy (non-hydrogen) atoms. The first kappa shape index (κ1) is 20.4. The number of halogens is 1. The average molecular weight is 431 g/mol. The van der Waals surface area contributed by atoms with Crippen molar-refractivity contribution in [2.75, 3.05) is 24.6 Å². The smallest absolute Gasteiger partial charge is 0.248 e. The van der Waals surface area contributed by atoms with Crippen LogP contribution in [0.2, 0.25) is 0 Å². The van der Waals surface area contributed by atoms with Gasteiger partial charge in [0.05, 0.1) is 17.7 Å². The Hall–Kier alpha value is -3.49. The number of nitrogens with zero attached hydrogens (tertiary/aromatic N) is 5. The molecule has 7 nitrogen and oxygen atoms in total. The second kappa shape index (κ2) is 7.89. The fourth-order valence-electron chi connectivity index (χ4n) is 4.89. The van der Waals surface area contributed by atoms with Crippen molar-refractivity contribution >= 4 is 17.4 Å². The quantitative estimate of drug-likeness (QED) is 0.677. The van der Waals surface area contributed by atoms with Crippen molar-refractivity contribution in [3.8, 4) is 6.07 Å². The molecule has 0 radical (unpaired) electrons. The van der Waals surface area contributed by atoms with Crippen molar-refractivity contribution in [3.63, 3.8) is 0 Å². The third-order valence-electron chi connectivity index (χ3n) is 6.75. The third-order valence-corrected chi connectivity index (χ3v) is 6.75. The molecule has 1 aromatic carbocycles. The van der Waals surface area contributed by atoms with Crippen molar-refractivity contribution in [2.45, 2.75) is 43.4 Å². The predicted octanol–water partition coefficient (Wildman–Crippen LogP) is 3.53. The van der Waals surface area contributed by atoms with Crippen LogP contribution < -0.4 is 4.90 Å². The lowest BCUT2D eigenvalue weighted by atomic mass is 10.1. The van der Waals surface area contributed by atoms with E-state index in [2.05, 4.69) is 20.8 Å². The van der Waals surface area contributed by atoms with Crippen molar-refractivity contribution in [1.29, 1.82) is 5.26 Å². The Morgan fingerprint density at radius 2 is 2.03 bits per heavy atom. The highest BCUT2D eigenvalue weighted by molar-refractivity contribution is 5.78. The largest absolute Gasteiger partial charge is 0.361 e. The average Bonchev–Trinajstić information content (AvgIpc) is 3.57. The Bertz CT molecular complexity index is 1120. The van der Waals surface area contributed by atoms with Gasteiger partial charge in [-0.1, -0.05) is 6.07 Å². The van der Waals surface area contributed by atoms with Crippen LogP contribution in [0.4, 0.5) is 15.9 Å². The molecule has 5 rings (SSSR count). The summed E-state index contributed by atoms with van der Waals surface area (Å²) in [6, 6.07) is 10.6. The van der Waals surface area contributed by atoms with E-state index in [1.54, 1.807) is 18.3 Å². The molecule has 8 heteroatoms. The highest BCUT2D eigenvalue weighted by Crippen LogP contribution is 2.50. The first-order chi connectivity index (χ1) is 15.5. The summed E-state index contributed by atoms with van der Waals surface area (Å²) >= 11 is 0. The zero-order chi connectivity index (χ0) is 22.3. The van der Waals surface area contributed by atoms with E-state index in [1.807, 2.05) is 11.0 Å². The predicted molar refractivity (Wildman–Crippen MR) is 114 cm³/mol. The van der Waals surface area contributed by atoms with Crippen LogP contribution in [0.5, 0.6) is 0 Å². The summed E-state index contributed by atoms with van der Waals surface area (Å²) in [6.45, 7) is 8.32. The number of likely N-dealkylation sites (tertiary alicyclic amines) is 1. The van der Waals surface area contributed by atoms with Gasteiger partial charge in [-0.15, -0.1) is 0 Å². The lowest BCUT2D eigenvalue weighted by molar-refractivity contribution is -0.140. The van der Waals surface area contributed by atoms with Crippen LogP contribution in [0, 0.1) is 23.7 Å². The molecular weight excluding hydrogens is 409 g/mol. The summed E-state index contributed by atoms with van der Waals surface area (Å²) in [5, 5.41) is 8.98. The first-order valence-corrected chi connectivity index (χ1v) is 10.8. The maximum absolute atomic E-state index is 13.7. The second-order valence-electron chi connectivity index (χ2n) is 8.67. The van der Waals surface area contributed by atoms with Crippen molar-refractivity contribution in [3.05, 3.63) is 64.9 Å².